The van der Waals surface area contributed by atoms with E-state index in [1.165, 1.54) is 23.3 Å². The predicted molar refractivity (Wildman–Crippen MR) is 70.2 cm³/mol. The molecular weight excluding hydrogens is 230 g/mol. The van der Waals surface area contributed by atoms with Gasteiger partial charge >= 0.3 is 0 Å². The maximum atomic E-state index is 4.57. The second kappa shape index (κ2) is 4.63. The molecule has 1 aliphatic rings. The number of aromatic nitrogens is 2. The summed E-state index contributed by atoms with van der Waals surface area (Å²) in [6.07, 6.45) is 4.84. The highest BCUT2D eigenvalue weighted by atomic mass is 32.1. The number of thiophene rings is 1. The lowest BCUT2D eigenvalue weighted by atomic mass is 10.2. The molecule has 1 saturated carbocycles. The Morgan fingerprint density at radius 3 is 3.12 bits per heavy atom. The van der Waals surface area contributed by atoms with Gasteiger partial charge in [-0.2, -0.15) is 5.10 Å². The summed E-state index contributed by atoms with van der Waals surface area (Å²) in [6.45, 7) is 3.94. The Labute approximate surface area is 105 Å². The molecule has 0 unspecified atom stereocenters. The molecule has 0 saturated heterocycles. The van der Waals surface area contributed by atoms with Gasteiger partial charge in [-0.05, 0) is 31.2 Å². The maximum Gasteiger partial charge on any atom is 0.0752 e. The van der Waals surface area contributed by atoms with Gasteiger partial charge in [0.1, 0.15) is 0 Å². The van der Waals surface area contributed by atoms with E-state index in [9.17, 15) is 0 Å². The number of hydrogen-bond acceptors (Lipinski definition) is 3. The van der Waals surface area contributed by atoms with Crippen molar-refractivity contribution in [3.05, 3.63) is 39.8 Å². The molecule has 0 spiro atoms. The number of nitrogens with zero attached hydrogens (tertiary/aromatic N) is 2. The maximum absolute atomic E-state index is 4.57. The summed E-state index contributed by atoms with van der Waals surface area (Å²) in [6, 6.07) is 5.01. The van der Waals surface area contributed by atoms with Crippen LogP contribution in [-0.4, -0.2) is 15.8 Å². The van der Waals surface area contributed by atoms with Crippen molar-refractivity contribution in [1.29, 1.82) is 0 Å². The molecule has 1 fully saturated rings. The lowest BCUT2D eigenvalue weighted by Crippen LogP contribution is -2.15. The van der Waals surface area contributed by atoms with Gasteiger partial charge in [0.05, 0.1) is 12.2 Å². The van der Waals surface area contributed by atoms with Gasteiger partial charge < -0.3 is 5.32 Å². The SMILES string of the molecule is Cc1nn(Cc2cccs2)cc1CNC1CC1. The number of nitrogens with one attached hydrogen (secondary N) is 1. The lowest BCUT2D eigenvalue weighted by Gasteiger charge is -1.99. The molecule has 0 aliphatic heterocycles. The van der Waals surface area contributed by atoms with E-state index in [2.05, 4.69) is 41.0 Å². The average Bonchev–Trinajstić information content (AvgIpc) is 2.88. The summed E-state index contributed by atoms with van der Waals surface area (Å²) >= 11 is 1.78. The van der Waals surface area contributed by atoms with Crippen LogP contribution in [0.3, 0.4) is 0 Å². The van der Waals surface area contributed by atoms with E-state index in [0.29, 0.717) is 0 Å². The van der Waals surface area contributed by atoms with E-state index in [1.807, 2.05) is 4.68 Å². The van der Waals surface area contributed by atoms with Gasteiger partial charge in [-0.25, -0.2) is 0 Å². The van der Waals surface area contributed by atoms with Gasteiger partial charge in [0.15, 0.2) is 0 Å². The Hall–Kier alpha value is -1.13. The first-order chi connectivity index (χ1) is 8.31. The van der Waals surface area contributed by atoms with Crippen molar-refractivity contribution >= 4 is 11.3 Å². The normalized spacial score (nSPS) is 15.4. The number of rotatable bonds is 5. The lowest BCUT2D eigenvalue weighted by molar-refractivity contribution is 0.678. The monoisotopic (exact) mass is 247 g/mol. The van der Waals surface area contributed by atoms with Crippen LogP contribution in [0, 0.1) is 6.92 Å². The van der Waals surface area contributed by atoms with Gasteiger partial charge in [-0.15, -0.1) is 11.3 Å². The van der Waals surface area contributed by atoms with Crippen molar-refractivity contribution in [1.82, 2.24) is 15.1 Å². The molecule has 3 rings (SSSR count). The van der Waals surface area contributed by atoms with Crippen molar-refractivity contribution in [2.24, 2.45) is 0 Å². The van der Waals surface area contributed by atoms with Crippen molar-refractivity contribution < 1.29 is 0 Å². The highest BCUT2D eigenvalue weighted by Crippen LogP contribution is 2.20. The molecule has 1 N–H and O–H groups in total. The van der Waals surface area contributed by atoms with E-state index in [1.54, 1.807) is 11.3 Å². The Bertz CT molecular complexity index is 483. The van der Waals surface area contributed by atoms with Crippen LogP contribution in [0.4, 0.5) is 0 Å². The number of aryl methyl sites for hydroxylation is 1. The van der Waals surface area contributed by atoms with Gasteiger partial charge in [0.25, 0.3) is 0 Å². The molecule has 4 heteroatoms. The van der Waals surface area contributed by atoms with Crippen molar-refractivity contribution in [3.8, 4) is 0 Å². The third-order valence-corrected chi connectivity index (χ3v) is 3.97. The molecular formula is C13H17N3S. The van der Waals surface area contributed by atoms with Gasteiger partial charge in [0, 0.05) is 29.2 Å². The largest absolute Gasteiger partial charge is 0.310 e. The molecule has 1 aliphatic carbocycles. The Kier molecular flexibility index (Phi) is 2.99. The van der Waals surface area contributed by atoms with Gasteiger partial charge in [0.2, 0.25) is 0 Å². The third-order valence-electron chi connectivity index (χ3n) is 3.10. The fraction of sp³-hybridized carbons (Fsp3) is 0.462. The molecule has 0 atom stereocenters. The predicted octanol–water partition coefficient (Wildman–Crippen LogP) is 2.55. The first-order valence-electron chi connectivity index (χ1n) is 6.10. The molecule has 17 heavy (non-hydrogen) atoms. The fourth-order valence-electron chi connectivity index (χ4n) is 1.92. The van der Waals surface area contributed by atoms with Crippen molar-refractivity contribution in [3.63, 3.8) is 0 Å². The van der Waals surface area contributed by atoms with Crippen LogP contribution >= 0.6 is 11.3 Å². The summed E-state index contributed by atoms with van der Waals surface area (Å²) in [7, 11) is 0. The highest BCUT2D eigenvalue weighted by Gasteiger charge is 2.20. The number of hydrogen-bond donors (Lipinski definition) is 1. The molecule has 0 bridgehead atoms. The van der Waals surface area contributed by atoms with E-state index >= 15 is 0 Å². The minimum absolute atomic E-state index is 0.759. The van der Waals surface area contributed by atoms with Crippen molar-refractivity contribution in [2.45, 2.75) is 38.9 Å². The fourth-order valence-corrected chi connectivity index (χ4v) is 2.61. The molecule has 0 aromatic carbocycles. The summed E-state index contributed by atoms with van der Waals surface area (Å²) < 4.78 is 2.05. The van der Waals surface area contributed by atoms with E-state index in [0.717, 1.165) is 24.8 Å². The van der Waals surface area contributed by atoms with Crippen LogP contribution < -0.4 is 5.32 Å². The topological polar surface area (TPSA) is 29.9 Å². The van der Waals surface area contributed by atoms with E-state index in [4.69, 9.17) is 0 Å². The van der Waals surface area contributed by atoms with Crippen LogP contribution in [0.1, 0.15) is 29.0 Å². The second-order valence-corrected chi connectivity index (χ2v) is 5.70. The molecule has 2 heterocycles. The van der Waals surface area contributed by atoms with Crippen LogP contribution in [0.2, 0.25) is 0 Å². The molecule has 2 aromatic rings. The zero-order valence-electron chi connectivity index (χ0n) is 10.0. The molecule has 90 valence electrons. The standard InChI is InChI=1S/C13H17N3S/c1-10-11(7-14-12-4-5-12)8-16(15-10)9-13-3-2-6-17-13/h2-3,6,8,12,14H,4-5,7,9H2,1H3. The second-order valence-electron chi connectivity index (χ2n) is 4.67. The van der Waals surface area contributed by atoms with Gasteiger partial charge in [-0.3, -0.25) is 4.68 Å². The first-order valence-corrected chi connectivity index (χ1v) is 6.98. The molecule has 0 radical (unpaired) electrons. The minimum atomic E-state index is 0.759. The van der Waals surface area contributed by atoms with E-state index < -0.39 is 0 Å². The van der Waals surface area contributed by atoms with Crippen molar-refractivity contribution in [2.75, 3.05) is 0 Å². The third kappa shape index (κ3) is 2.76. The highest BCUT2D eigenvalue weighted by molar-refractivity contribution is 7.09. The quantitative estimate of drug-likeness (QED) is 0.880. The van der Waals surface area contributed by atoms with Crippen LogP contribution in [0.25, 0.3) is 0 Å². The summed E-state index contributed by atoms with van der Waals surface area (Å²) in [5.41, 5.74) is 2.48. The Morgan fingerprint density at radius 2 is 2.41 bits per heavy atom. The van der Waals surface area contributed by atoms with Crippen LogP contribution in [-0.2, 0) is 13.1 Å². The van der Waals surface area contributed by atoms with Gasteiger partial charge in [-0.1, -0.05) is 6.07 Å². The van der Waals surface area contributed by atoms with Crippen LogP contribution in [0.15, 0.2) is 23.7 Å². The minimum Gasteiger partial charge on any atom is -0.310 e. The Balaban J connectivity index is 1.66. The summed E-state index contributed by atoms with van der Waals surface area (Å²) in [5.74, 6) is 0. The van der Waals surface area contributed by atoms with Crippen LogP contribution in [0.5, 0.6) is 0 Å². The zero-order chi connectivity index (χ0) is 11.7. The molecule has 0 amide bonds. The smallest absolute Gasteiger partial charge is 0.0752 e. The average molecular weight is 247 g/mol. The zero-order valence-corrected chi connectivity index (χ0v) is 10.8. The first kappa shape index (κ1) is 11.0. The Morgan fingerprint density at radius 1 is 1.53 bits per heavy atom. The summed E-state index contributed by atoms with van der Waals surface area (Å²) in [5, 5.41) is 10.2. The van der Waals surface area contributed by atoms with E-state index in [-0.39, 0.29) is 0 Å². The molecule has 3 nitrogen and oxygen atoms in total. The molecule has 2 aromatic heterocycles. The summed E-state index contributed by atoms with van der Waals surface area (Å²) in [4.78, 5) is 1.36.